The number of rotatable bonds is 8. The summed E-state index contributed by atoms with van der Waals surface area (Å²) in [6.45, 7) is 1.52. The van der Waals surface area contributed by atoms with Gasteiger partial charge in [-0.2, -0.15) is 0 Å². The van der Waals surface area contributed by atoms with Crippen LogP contribution in [0.3, 0.4) is 0 Å². The van der Waals surface area contributed by atoms with Gasteiger partial charge >= 0.3 is 29.6 Å². The van der Waals surface area contributed by atoms with E-state index in [1.54, 1.807) is 72.8 Å². The molecule has 0 aliphatic rings. The van der Waals surface area contributed by atoms with Gasteiger partial charge in [-0.25, -0.2) is 9.97 Å². The summed E-state index contributed by atoms with van der Waals surface area (Å²) in [7, 11) is 0. The Kier molecular flexibility index (Phi) is 9.06. The predicted molar refractivity (Wildman–Crippen MR) is 123 cm³/mol. The summed E-state index contributed by atoms with van der Waals surface area (Å²) < 4.78 is 11.4. The van der Waals surface area contributed by atoms with Gasteiger partial charge in [0.2, 0.25) is 5.88 Å². The maximum atomic E-state index is 12.5. The number of amides is 1. The van der Waals surface area contributed by atoms with Crippen molar-refractivity contribution in [2.75, 3.05) is 0 Å². The van der Waals surface area contributed by atoms with Gasteiger partial charge in [0.1, 0.15) is 11.5 Å². The van der Waals surface area contributed by atoms with Crippen molar-refractivity contribution in [1.82, 2.24) is 15.3 Å². The van der Waals surface area contributed by atoms with Crippen LogP contribution in [0.2, 0.25) is 5.02 Å². The van der Waals surface area contributed by atoms with E-state index >= 15 is 0 Å². The van der Waals surface area contributed by atoms with Crippen molar-refractivity contribution in [3.05, 3.63) is 89.6 Å². The van der Waals surface area contributed by atoms with Crippen LogP contribution >= 0.6 is 11.6 Å². The summed E-state index contributed by atoms with van der Waals surface area (Å²) in [6.07, 6.45) is 0.547. The topological polar surface area (TPSA) is 113 Å². The molecular formula is C25H19ClN3NaO5. The number of hydrogen-bond donors (Lipinski definition) is 1. The zero-order valence-electron chi connectivity index (χ0n) is 19.0. The average molecular weight is 500 g/mol. The van der Waals surface area contributed by atoms with Crippen LogP contribution in [-0.4, -0.2) is 27.9 Å². The van der Waals surface area contributed by atoms with Crippen LogP contribution in [0.4, 0.5) is 0 Å². The van der Waals surface area contributed by atoms with Crippen molar-refractivity contribution in [3.63, 3.8) is 0 Å². The molecule has 0 saturated heterocycles. The minimum Gasteiger partial charge on any atom is -0.548 e. The van der Waals surface area contributed by atoms with Gasteiger partial charge < -0.3 is 24.7 Å². The van der Waals surface area contributed by atoms with Crippen LogP contribution in [0, 0.1) is 0 Å². The molecule has 1 amide bonds. The summed E-state index contributed by atoms with van der Waals surface area (Å²) >= 11 is 5.96. The Bertz CT molecular complexity index is 1320. The molecule has 0 spiro atoms. The van der Waals surface area contributed by atoms with Crippen molar-refractivity contribution in [1.29, 1.82) is 0 Å². The molecule has 4 rings (SSSR count). The molecule has 4 aromatic rings. The van der Waals surface area contributed by atoms with E-state index in [-0.39, 0.29) is 29.6 Å². The van der Waals surface area contributed by atoms with E-state index in [0.717, 1.165) is 0 Å². The Labute approximate surface area is 228 Å². The largest absolute Gasteiger partial charge is 1.00 e. The second-order valence-electron chi connectivity index (χ2n) is 7.35. The Morgan fingerprint density at radius 3 is 2.34 bits per heavy atom. The summed E-state index contributed by atoms with van der Waals surface area (Å²) in [6, 6.07) is 18.8. The number of halogens is 1. The number of fused-ring (bicyclic) bond motifs is 1. The third-order valence-electron chi connectivity index (χ3n) is 4.87. The molecule has 10 heteroatoms. The van der Waals surface area contributed by atoms with Gasteiger partial charge in [-0.15, -0.1) is 0 Å². The van der Waals surface area contributed by atoms with Crippen molar-refractivity contribution in [2.24, 2.45) is 0 Å². The number of carboxylic acids is 1. The number of nitrogens with one attached hydrogen (secondary N) is 1. The zero-order valence-corrected chi connectivity index (χ0v) is 21.7. The van der Waals surface area contributed by atoms with Crippen LogP contribution in [0.1, 0.15) is 18.5 Å². The Morgan fingerprint density at radius 2 is 1.66 bits per heavy atom. The standard InChI is InChI=1S/C25H20ClN3O5.Na/c1-15(24(30)29-23(25(31)32)16-5-3-2-4-6-16)33-18-8-10-19(11-9-18)34-22-14-27-21-13-17(26)7-12-20(21)28-22;/h2-15,23H,1H3,(H,29,30)(H,31,32);/q;+1/p-1. The Morgan fingerprint density at radius 1 is 0.971 bits per heavy atom. The minimum atomic E-state index is -1.41. The van der Waals surface area contributed by atoms with Gasteiger partial charge in [0, 0.05) is 5.02 Å². The first-order valence-corrected chi connectivity index (χ1v) is 10.7. The first-order valence-electron chi connectivity index (χ1n) is 10.3. The van der Waals surface area contributed by atoms with Crippen molar-refractivity contribution in [2.45, 2.75) is 19.1 Å². The maximum absolute atomic E-state index is 12.5. The summed E-state index contributed by atoms with van der Waals surface area (Å²) in [5.74, 6) is -0.796. The summed E-state index contributed by atoms with van der Waals surface area (Å²) in [5, 5.41) is 14.5. The number of nitrogens with zero attached hydrogens (tertiary/aromatic N) is 2. The third-order valence-corrected chi connectivity index (χ3v) is 5.10. The fourth-order valence-corrected chi connectivity index (χ4v) is 3.33. The molecule has 0 radical (unpaired) electrons. The number of benzene rings is 3. The van der Waals surface area contributed by atoms with Crippen LogP contribution in [0.15, 0.2) is 79.0 Å². The van der Waals surface area contributed by atoms with Gasteiger partial charge in [0.25, 0.3) is 5.91 Å². The monoisotopic (exact) mass is 499 g/mol. The van der Waals surface area contributed by atoms with Gasteiger partial charge in [-0.05, 0) is 55.0 Å². The van der Waals surface area contributed by atoms with Crippen LogP contribution in [0.25, 0.3) is 11.0 Å². The second-order valence-corrected chi connectivity index (χ2v) is 7.78. The molecule has 0 fully saturated rings. The molecule has 0 bridgehead atoms. The summed E-state index contributed by atoms with van der Waals surface area (Å²) in [5.41, 5.74) is 1.71. The number of ether oxygens (including phenoxy) is 2. The number of aliphatic carboxylic acids is 1. The molecule has 1 heterocycles. The molecule has 1 N–H and O–H groups in total. The normalized spacial score (nSPS) is 12.2. The van der Waals surface area contributed by atoms with E-state index in [9.17, 15) is 14.7 Å². The van der Waals surface area contributed by atoms with Crippen molar-refractivity contribution >= 4 is 34.5 Å². The number of aromatic nitrogens is 2. The molecule has 0 aliphatic carbocycles. The summed E-state index contributed by atoms with van der Waals surface area (Å²) in [4.78, 5) is 32.7. The van der Waals surface area contributed by atoms with E-state index in [4.69, 9.17) is 21.1 Å². The smallest absolute Gasteiger partial charge is 0.548 e. The van der Waals surface area contributed by atoms with Crippen molar-refractivity contribution < 1.29 is 53.7 Å². The van der Waals surface area contributed by atoms with Crippen LogP contribution in [0.5, 0.6) is 17.4 Å². The fraction of sp³-hybridized carbons (Fsp3) is 0.120. The van der Waals surface area contributed by atoms with E-state index < -0.39 is 24.0 Å². The number of hydrogen-bond acceptors (Lipinski definition) is 7. The Balaban J connectivity index is 0.00000342. The molecule has 35 heavy (non-hydrogen) atoms. The molecular weight excluding hydrogens is 481 g/mol. The van der Waals surface area contributed by atoms with Gasteiger partial charge in [-0.3, -0.25) is 4.79 Å². The number of carbonyl (C=O) groups excluding carboxylic acids is 2. The molecule has 0 saturated carbocycles. The van der Waals surface area contributed by atoms with Gasteiger partial charge in [-0.1, -0.05) is 41.9 Å². The predicted octanol–water partition coefficient (Wildman–Crippen LogP) is 0.454. The third kappa shape index (κ3) is 6.93. The molecule has 3 aromatic carbocycles. The first-order chi connectivity index (χ1) is 16.4. The first kappa shape index (κ1) is 26.4. The molecule has 172 valence electrons. The van der Waals surface area contributed by atoms with Gasteiger partial charge in [0.15, 0.2) is 6.10 Å². The van der Waals surface area contributed by atoms with Crippen LogP contribution < -0.4 is 49.5 Å². The number of carboxylic acid groups (broad SMARTS) is 1. The van der Waals surface area contributed by atoms with Crippen molar-refractivity contribution in [3.8, 4) is 17.4 Å². The SMILES string of the molecule is CC(Oc1ccc(Oc2cnc3cc(Cl)ccc3n2)cc1)C(=O)NC(C(=O)[O-])c1ccccc1.[Na+]. The molecule has 2 unspecified atom stereocenters. The quantitative estimate of drug-likeness (QED) is 0.350. The van der Waals surface area contributed by atoms with Crippen LogP contribution in [-0.2, 0) is 9.59 Å². The van der Waals surface area contributed by atoms with E-state index in [2.05, 4.69) is 15.3 Å². The molecule has 1 aromatic heterocycles. The van der Waals surface area contributed by atoms with E-state index in [1.807, 2.05) is 0 Å². The maximum Gasteiger partial charge on any atom is 1.00 e. The Hall–Kier alpha value is -3.17. The van der Waals surface area contributed by atoms with E-state index in [0.29, 0.717) is 39.0 Å². The second kappa shape index (κ2) is 12.0. The zero-order chi connectivity index (χ0) is 24.1. The molecule has 0 aliphatic heterocycles. The minimum absolute atomic E-state index is 0. The fourth-order valence-electron chi connectivity index (χ4n) is 3.16. The molecule has 2 atom stereocenters. The average Bonchev–Trinajstić information content (AvgIpc) is 2.84. The van der Waals surface area contributed by atoms with Gasteiger partial charge in [0.05, 0.1) is 29.2 Å². The number of carbonyl (C=O) groups is 2. The molecule has 8 nitrogen and oxygen atoms in total. The van der Waals surface area contributed by atoms with E-state index in [1.165, 1.54) is 13.1 Å².